The van der Waals surface area contributed by atoms with Crippen LogP contribution < -0.4 is 10.6 Å². The van der Waals surface area contributed by atoms with Crippen molar-refractivity contribution in [2.24, 2.45) is 0 Å². The second kappa shape index (κ2) is 11.9. The number of hydrogen-bond acceptors (Lipinski definition) is 6. The van der Waals surface area contributed by atoms with Crippen LogP contribution in [0, 0.1) is 0 Å². The Morgan fingerprint density at radius 2 is 1.67 bits per heavy atom. The number of allylic oxidation sites excluding steroid dienone is 2. The summed E-state index contributed by atoms with van der Waals surface area (Å²) in [5, 5.41) is 6.40. The van der Waals surface area contributed by atoms with E-state index < -0.39 is 29.5 Å². The van der Waals surface area contributed by atoms with Crippen LogP contribution in [0.25, 0.3) is 10.9 Å². The predicted molar refractivity (Wildman–Crippen MR) is 148 cm³/mol. The molecular formula is C30H31F6N5O. The smallest absolute Gasteiger partial charge is 0.380 e. The van der Waals surface area contributed by atoms with Crippen LogP contribution in [0.5, 0.6) is 0 Å². The van der Waals surface area contributed by atoms with Gasteiger partial charge in [-0.3, -0.25) is 4.90 Å². The third kappa shape index (κ3) is 7.04. The van der Waals surface area contributed by atoms with Crippen molar-refractivity contribution in [2.45, 2.75) is 57.3 Å². The van der Waals surface area contributed by atoms with Crippen LogP contribution in [0.1, 0.15) is 43.3 Å². The van der Waals surface area contributed by atoms with Gasteiger partial charge >= 0.3 is 12.4 Å². The maximum Gasteiger partial charge on any atom is 0.416 e. The fourth-order valence-electron chi connectivity index (χ4n) is 5.41. The minimum Gasteiger partial charge on any atom is -0.380 e. The van der Waals surface area contributed by atoms with E-state index in [1.165, 1.54) is 24.4 Å². The highest BCUT2D eigenvalue weighted by Gasteiger charge is 2.39. The normalized spacial score (nSPS) is 21.7. The summed E-state index contributed by atoms with van der Waals surface area (Å²) in [6.07, 6.45) is -3.69. The highest BCUT2D eigenvalue weighted by molar-refractivity contribution is 5.91. The molecule has 0 saturated carbocycles. The lowest BCUT2D eigenvalue weighted by atomic mass is 9.95. The quantitative estimate of drug-likeness (QED) is 0.287. The van der Waals surface area contributed by atoms with Gasteiger partial charge in [-0.25, -0.2) is 9.97 Å². The first kappa shape index (κ1) is 29.8. The van der Waals surface area contributed by atoms with Crippen molar-refractivity contribution in [3.05, 3.63) is 83.3 Å². The van der Waals surface area contributed by atoms with E-state index >= 15 is 0 Å². The first-order chi connectivity index (χ1) is 19.9. The summed E-state index contributed by atoms with van der Waals surface area (Å²) >= 11 is 0. The predicted octanol–water partition coefficient (Wildman–Crippen LogP) is 7.08. The van der Waals surface area contributed by atoms with Gasteiger partial charge in [-0.1, -0.05) is 12.1 Å². The van der Waals surface area contributed by atoms with E-state index in [0.717, 1.165) is 44.3 Å². The van der Waals surface area contributed by atoms with E-state index in [4.69, 9.17) is 4.74 Å². The van der Waals surface area contributed by atoms with Crippen molar-refractivity contribution in [1.29, 1.82) is 0 Å². The minimum absolute atomic E-state index is 0.127. The highest BCUT2D eigenvalue weighted by atomic mass is 19.4. The van der Waals surface area contributed by atoms with Crippen LogP contribution in [-0.2, 0) is 17.3 Å². The van der Waals surface area contributed by atoms with Gasteiger partial charge in [-0.2, -0.15) is 26.3 Å². The van der Waals surface area contributed by atoms with Crippen molar-refractivity contribution >= 4 is 22.4 Å². The third-order valence-corrected chi connectivity index (χ3v) is 7.22. The van der Waals surface area contributed by atoms with Crippen molar-refractivity contribution in [1.82, 2.24) is 20.2 Å². The molecule has 0 bridgehead atoms. The molecule has 1 fully saturated rings. The molecular weight excluding hydrogens is 560 g/mol. The van der Waals surface area contributed by atoms with Gasteiger partial charge in [0.25, 0.3) is 0 Å². The molecule has 12 heteroatoms. The number of nitrogens with zero attached hydrogens (tertiary/aromatic N) is 3. The van der Waals surface area contributed by atoms with Crippen molar-refractivity contribution in [3.63, 3.8) is 0 Å². The summed E-state index contributed by atoms with van der Waals surface area (Å²) in [6.45, 7) is 6.47. The van der Waals surface area contributed by atoms with E-state index in [9.17, 15) is 26.3 Å². The first-order valence-corrected chi connectivity index (χ1v) is 13.7. The summed E-state index contributed by atoms with van der Waals surface area (Å²) in [7, 11) is 0. The molecule has 2 aromatic carbocycles. The molecule has 3 heterocycles. The Morgan fingerprint density at radius 1 is 0.952 bits per heavy atom. The number of anilines is 2. The lowest BCUT2D eigenvalue weighted by Crippen LogP contribution is -2.45. The Morgan fingerprint density at radius 3 is 2.33 bits per heavy atom. The number of aryl methyl sites for hydroxylation is 1. The number of aromatic nitrogens is 2. The number of ether oxygens (including phenoxy) is 1. The molecule has 2 aliphatic rings. The van der Waals surface area contributed by atoms with E-state index in [1.807, 2.05) is 13.8 Å². The van der Waals surface area contributed by atoms with Crippen LogP contribution >= 0.6 is 0 Å². The van der Waals surface area contributed by atoms with Gasteiger partial charge in [0, 0.05) is 30.6 Å². The zero-order valence-corrected chi connectivity index (χ0v) is 23.1. The Kier molecular flexibility index (Phi) is 8.47. The summed E-state index contributed by atoms with van der Waals surface area (Å²) in [5.74, 6) is 0.838. The molecule has 3 atom stereocenters. The molecule has 224 valence electrons. The van der Waals surface area contributed by atoms with Crippen LogP contribution in [0.4, 0.5) is 37.8 Å². The second-order valence-electron chi connectivity index (χ2n) is 10.7. The van der Waals surface area contributed by atoms with Gasteiger partial charge in [0.2, 0.25) is 0 Å². The molecule has 6 nitrogen and oxygen atoms in total. The summed E-state index contributed by atoms with van der Waals surface area (Å²) < 4.78 is 86.2. The monoisotopic (exact) mass is 591 g/mol. The molecule has 1 aromatic heterocycles. The molecule has 5 rings (SSSR count). The number of alkyl halides is 6. The van der Waals surface area contributed by atoms with Gasteiger partial charge in [-0.05, 0) is 81.1 Å². The van der Waals surface area contributed by atoms with E-state index in [0.29, 0.717) is 40.2 Å². The van der Waals surface area contributed by atoms with Crippen LogP contribution in [0.15, 0.2) is 66.4 Å². The van der Waals surface area contributed by atoms with Crippen molar-refractivity contribution in [3.8, 4) is 0 Å². The molecule has 1 saturated heterocycles. The van der Waals surface area contributed by atoms with Gasteiger partial charge in [0.05, 0.1) is 34.9 Å². The Bertz CT molecular complexity index is 1460. The number of hydrogen-bond donors (Lipinski definition) is 2. The Balaban J connectivity index is 1.45. The molecule has 0 aliphatic carbocycles. The number of benzene rings is 2. The average Bonchev–Trinajstić information content (AvgIpc) is 2.91. The van der Waals surface area contributed by atoms with Crippen LogP contribution in [-0.4, -0.2) is 52.9 Å². The molecule has 0 radical (unpaired) electrons. The fraction of sp³-hybridized carbons (Fsp3) is 0.400. The molecule has 3 unspecified atom stereocenters. The lowest BCUT2D eigenvalue weighted by Gasteiger charge is -2.35. The molecule has 0 amide bonds. The standard InChI is InChI=1S/C30H31F6N5O/c1-18-16-41(17-19(2)42-18)14-4-6-26-39-25-15-20(27-24(30(34,35)36)5-3-13-37-27)7-12-23(25)28(40-26)38-22-10-8-21(9-11-22)29(31,32)33/h3,5,7-13,15,18-19,27,37H,4,6,14,16-17H2,1-2H3,(H,38,39,40). The van der Waals surface area contributed by atoms with E-state index in [-0.39, 0.29) is 12.2 Å². The number of dihydropyridines is 1. The highest BCUT2D eigenvalue weighted by Crippen LogP contribution is 2.38. The maximum atomic E-state index is 13.7. The number of nitrogens with one attached hydrogen (secondary N) is 2. The summed E-state index contributed by atoms with van der Waals surface area (Å²) in [6, 6.07) is 8.25. The molecule has 2 N–H and O–H groups in total. The zero-order valence-electron chi connectivity index (χ0n) is 23.1. The minimum atomic E-state index is -4.53. The molecule has 3 aromatic rings. The molecule has 2 aliphatic heterocycles. The summed E-state index contributed by atoms with van der Waals surface area (Å²) in [4.78, 5) is 11.7. The van der Waals surface area contributed by atoms with Gasteiger partial charge in [0.15, 0.2) is 0 Å². The average molecular weight is 592 g/mol. The third-order valence-electron chi connectivity index (χ3n) is 7.22. The largest absolute Gasteiger partial charge is 0.416 e. The molecule has 42 heavy (non-hydrogen) atoms. The number of halogens is 6. The fourth-order valence-corrected chi connectivity index (χ4v) is 5.41. The number of fused-ring (bicyclic) bond motifs is 1. The van der Waals surface area contributed by atoms with Gasteiger partial charge in [-0.15, -0.1) is 0 Å². The van der Waals surface area contributed by atoms with Crippen molar-refractivity contribution in [2.75, 3.05) is 25.0 Å². The number of morpholine rings is 1. The maximum absolute atomic E-state index is 13.7. The second-order valence-corrected chi connectivity index (χ2v) is 10.7. The van der Waals surface area contributed by atoms with E-state index in [1.54, 1.807) is 18.2 Å². The SMILES string of the molecule is CC1CN(CCCc2nc(Nc3ccc(C(F)(F)F)cc3)c3ccc(C4NC=CC=C4C(F)(F)F)cc3n2)CC(C)O1. The Hall–Kier alpha value is -3.64. The topological polar surface area (TPSA) is 62.3 Å². The molecule has 0 spiro atoms. The first-order valence-electron chi connectivity index (χ1n) is 13.7. The van der Waals surface area contributed by atoms with Gasteiger partial charge in [0.1, 0.15) is 11.6 Å². The lowest BCUT2D eigenvalue weighted by molar-refractivity contribution is -0.137. The van der Waals surface area contributed by atoms with Crippen LogP contribution in [0.2, 0.25) is 0 Å². The number of rotatable bonds is 7. The van der Waals surface area contributed by atoms with E-state index in [2.05, 4.69) is 25.5 Å². The van der Waals surface area contributed by atoms with Crippen molar-refractivity contribution < 1.29 is 31.1 Å². The van der Waals surface area contributed by atoms with Crippen LogP contribution in [0.3, 0.4) is 0 Å². The Labute approximate surface area is 239 Å². The zero-order chi connectivity index (χ0) is 30.1. The summed E-state index contributed by atoms with van der Waals surface area (Å²) in [5.41, 5.74) is -0.318. The van der Waals surface area contributed by atoms with Gasteiger partial charge < -0.3 is 15.4 Å².